The van der Waals surface area contributed by atoms with Crippen molar-refractivity contribution in [3.63, 3.8) is 0 Å². The summed E-state index contributed by atoms with van der Waals surface area (Å²) in [6.45, 7) is 10.4. The van der Waals surface area contributed by atoms with Crippen molar-refractivity contribution < 1.29 is 14.3 Å². The maximum absolute atomic E-state index is 11.8. The van der Waals surface area contributed by atoms with Crippen LogP contribution in [0.25, 0.3) is 33.8 Å². The van der Waals surface area contributed by atoms with Crippen LogP contribution in [0.4, 0.5) is 0 Å². The quantitative estimate of drug-likeness (QED) is 0.137. The van der Waals surface area contributed by atoms with Crippen LogP contribution in [0, 0.1) is 0 Å². The highest BCUT2D eigenvalue weighted by molar-refractivity contribution is 6.32. The summed E-state index contributed by atoms with van der Waals surface area (Å²) in [5.74, 6) is -0.336. The molecule has 0 aliphatic heterocycles. The minimum absolute atomic E-state index is 0.0241. The van der Waals surface area contributed by atoms with E-state index in [-0.39, 0.29) is 18.6 Å². The molecule has 4 aromatic rings. The van der Waals surface area contributed by atoms with E-state index < -0.39 is 5.60 Å². The Morgan fingerprint density at radius 2 is 1.48 bits per heavy atom. The molecule has 7 heteroatoms. The Morgan fingerprint density at radius 3 is 2.05 bits per heavy atom. The van der Waals surface area contributed by atoms with Crippen molar-refractivity contribution in [1.82, 2.24) is 14.5 Å². The van der Waals surface area contributed by atoms with Gasteiger partial charge in [-0.1, -0.05) is 72.3 Å². The van der Waals surface area contributed by atoms with Gasteiger partial charge < -0.3 is 14.0 Å². The van der Waals surface area contributed by atoms with Gasteiger partial charge in [-0.05, 0) is 59.9 Å². The number of unbranched alkanes of at least 4 members (excludes halogenated alkanes) is 1. The number of aryl methyl sites for hydroxylation is 1. The number of ether oxygens (including phenoxy) is 2. The molecule has 6 nitrogen and oxygen atoms in total. The highest BCUT2D eigenvalue weighted by atomic mass is 35.5. The van der Waals surface area contributed by atoms with E-state index in [1.165, 1.54) is 5.69 Å². The van der Waals surface area contributed by atoms with Crippen LogP contribution >= 0.6 is 11.6 Å². The summed E-state index contributed by atoms with van der Waals surface area (Å²) in [5, 5.41) is 0.376. The third-order valence-corrected chi connectivity index (χ3v) is 6.58. The second kappa shape index (κ2) is 13.2. The highest BCUT2D eigenvalue weighted by Crippen LogP contribution is 2.36. The molecule has 210 valence electrons. The first-order chi connectivity index (χ1) is 19.1. The molecule has 0 aliphatic rings. The van der Waals surface area contributed by atoms with E-state index in [9.17, 15) is 4.79 Å². The minimum Gasteiger partial charge on any atom is -0.458 e. The molecule has 0 spiro atoms. The zero-order valence-corrected chi connectivity index (χ0v) is 24.7. The maximum Gasteiger partial charge on any atom is 0.332 e. The number of hydrogen-bond donors (Lipinski definition) is 0. The van der Waals surface area contributed by atoms with Crippen molar-refractivity contribution in [3.05, 3.63) is 83.8 Å². The molecule has 2 aromatic carbocycles. The first kappa shape index (κ1) is 29.5. The molecule has 0 aliphatic carbocycles. The molecule has 0 fully saturated rings. The fourth-order valence-electron chi connectivity index (χ4n) is 4.57. The molecule has 0 unspecified atom stereocenters. The monoisotopic (exact) mass is 559 g/mol. The molecule has 0 atom stereocenters. The first-order valence-corrected chi connectivity index (χ1v) is 14.2. The molecule has 2 heterocycles. The topological polar surface area (TPSA) is 66.2 Å². The van der Waals surface area contributed by atoms with Gasteiger partial charge >= 0.3 is 5.97 Å². The van der Waals surface area contributed by atoms with Crippen molar-refractivity contribution in [2.75, 3.05) is 13.2 Å². The van der Waals surface area contributed by atoms with E-state index in [0.717, 1.165) is 47.3 Å². The number of hydrogen-bond acceptors (Lipinski definition) is 5. The molecule has 4 rings (SSSR count). The Labute approximate surface area is 242 Å². The van der Waals surface area contributed by atoms with Crippen LogP contribution in [-0.2, 0) is 20.7 Å². The van der Waals surface area contributed by atoms with Gasteiger partial charge in [0.15, 0.2) is 5.15 Å². The summed E-state index contributed by atoms with van der Waals surface area (Å²) < 4.78 is 13.1. The van der Waals surface area contributed by atoms with Crippen molar-refractivity contribution in [2.24, 2.45) is 0 Å². The number of aromatic nitrogens is 3. The van der Waals surface area contributed by atoms with Crippen molar-refractivity contribution in [1.29, 1.82) is 0 Å². The van der Waals surface area contributed by atoms with Gasteiger partial charge in [-0.3, -0.25) is 0 Å². The number of rotatable bonds is 11. The second-order valence-corrected chi connectivity index (χ2v) is 11.5. The van der Waals surface area contributed by atoms with Crippen LogP contribution < -0.4 is 0 Å². The van der Waals surface area contributed by atoms with Crippen molar-refractivity contribution in [3.8, 4) is 33.8 Å². The second-order valence-electron chi connectivity index (χ2n) is 11.1. The normalized spacial score (nSPS) is 11.7. The van der Waals surface area contributed by atoms with E-state index in [2.05, 4.69) is 30.7 Å². The van der Waals surface area contributed by atoms with Crippen LogP contribution in [0.2, 0.25) is 5.15 Å². The van der Waals surface area contributed by atoms with E-state index in [0.29, 0.717) is 17.5 Å². The largest absolute Gasteiger partial charge is 0.458 e. The molecule has 40 heavy (non-hydrogen) atoms. The molecule has 2 aromatic heterocycles. The van der Waals surface area contributed by atoms with Gasteiger partial charge in [0.2, 0.25) is 0 Å². The number of halogens is 1. The lowest BCUT2D eigenvalue weighted by Crippen LogP contribution is -2.26. The average molecular weight is 560 g/mol. The van der Waals surface area contributed by atoms with Gasteiger partial charge in [-0.15, -0.1) is 0 Å². The SMILES string of the molecule is CC(C)n1cc(-c2nc(-c3ccccc3)c(-c3ccccc3)nc2Cl)cc1CCCCOCC(=O)OC(C)(C)C. The van der Waals surface area contributed by atoms with Gasteiger partial charge in [0.1, 0.15) is 17.9 Å². The third-order valence-electron chi connectivity index (χ3n) is 6.32. The van der Waals surface area contributed by atoms with E-state index >= 15 is 0 Å². The van der Waals surface area contributed by atoms with Crippen LogP contribution in [0.5, 0.6) is 0 Å². The number of carbonyl (C=O) groups excluding carboxylic acids is 1. The van der Waals surface area contributed by atoms with Gasteiger partial charge in [-0.2, -0.15) is 0 Å². The number of nitrogens with zero attached hydrogens (tertiary/aromatic N) is 3. The van der Waals surface area contributed by atoms with Gasteiger partial charge in [0, 0.05) is 41.2 Å². The summed E-state index contributed by atoms with van der Waals surface area (Å²) in [4.78, 5) is 21.8. The van der Waals surface area contributed by atoms with Gasteiger partial charge in [-0.25, -0.2) is 14.8 Å². The standard InChI is InChI=1S/C33H38ClN3O3/c1-23(2)37-21-26(20-27(37)18-12-13-19-39-22-28(38)40-33(3,4)5)31-32(34)36-30(25-16-10-7-11-17-25)29(35-31)24-14-8-6-9-15-24/h6-11,14-17,20-21,23H,12-13,18-19,22H2,1-5H3. The maximum atomic E-state index is 11.8. The number of esters is 1. The molecule has 0 bridgehead atoms. The van der Waals surface area contributed by atoms with E-state index in [1.54, 1.807) is 0 Å². The Hall–Kier alpha value is -3.48. The molecule has 0 saturated carbocycles. The first-order valence-electron chi connectivity index (χ1n) is 13.8. The van der Waals surface area contributed by atoms with Crippen LogP contribution in [0.3, 0.4) is 0 Å². The Kier molecular flexibility index (Phi) is 9.77. The van der Waals surface area contributed by atoms with Crippen molar-refractivity contribution >= 4 is 17.6 Å². The summed E-state index contributed by atoms with van der Waals surface area (Å²) in [5.41, 5.74) is 5.82. The molecule has 0 saturated heterocycles. The number of carbonyl (C=O) groups is 1. The zero-order chi connectivity index (χ0) is 28.7. The van der Waals surface area contributed by atoms with E-state index in [4.69, 9.17) is 31.0 Å². The zero-order valence-electron chi connectivity index (χ0n) is 24.0. The predicted octanol–water partition coefficient (Wildman–Crippen LogP) is 8.19. The predicted molar refractivity (Wildman–Crippen MR) is 161 cm³/mol. The van der Waals surface area contributed by atoms with Crippen LogP contribution in [-0.4, -0.2) is 39.3 Å². The lowest BCUT2D eigenvalue weighted by atomic mass is 10.0. The summed E-state index contributed by atoms with van der Waals surface area (Å²) >= 11 is 6.80. The third kappa shape index (κ3) is 7.80. The lowest BCUT2D eigenvalue weighted by Gasteiger charge is -2.19. The molecular weight excluding hydrogens is 522 g/mol. The molecule has 0 radical (unpaired) electrons. The minimum atomic E-state index is -0.503. The van der Waals surface area contributed by atoms with Gasteiger partial charge in [0.25, 0.3) is 0 Å². The van der Waals surface area contributed by atoms with Crippen LogP contribution in [0.15, 0.2) is 72.9 Å². The molecular formula is C33H38ClN3O3. The number of benzene rings is 2. The van der Waals surface area contributed by atoms with Crippen LogP contribution in [0.1, 0.15) is 59.2 Å². The Balaban J connectivity index is 1.53. The summed E-state index contributed by atoms with van der Waals surface area (Å²) in [7, 11) is 0. The van der Waals surface area contributed by atoms with Crippen molar-refractivity contribution in [2.45, 2.75) is 65.5 Å². The molecule has 0 N–H and O–H groups in total. The smallest absolute Gasteiger partial charge is 0.332 e. The fraction of sp³-hybridized carbons (Fsp3) is 0.364. The van der Waals surface area contributed by atoms with E-state index in [1.807, 2.05) is 81.4 Å². The highest BCUT2D eigenvalue weighted by Gasteiger charge is 2.20. The summed E-state index contributed by atoms with van der Waals surface area (Å²) in [6, 6.07) is 22.5. The summed E-state index contributed by atoms with van der Waals surface area (Å²) in [6.07, 6.45) is 4.75. The lowest BCUT2D eigenvalue weighted by molar-refractivity contribution is -0.160. The van der Waals surface area contributed by atoms with Gasteiger partial charge in [0.05, 0.1) is 11.4 Å². The molecule has 0 amide bonds. The fourth-order valence-corrected chi connectivity index (χ4v) is 4.80. The average Bonchev–Trinajstić information content (AvgIpc) is 3.35. The Bertz CT molecular complexity index is 1410. The Morgan fingerprint density at radius 1 is 0.875 bits per heavy atom.